The first-order chi connectivity index (χ1) is 11.7. The van der Waals surface area contributed by atoms with Crippen molar-refractivity contribution < 1.29 is 8.76 Å². The Kier molecular flexibility index (Phi) is 3.95. The second kappa shape index (κ2) is 6.26. The molecule has 7 heteroatoms. The average molecular weight is 339 g/mol. The first-order valence-corrected chi connectivity index (χ1v) is 8.95. The molecule has 0 amide bonds. The topological polar surface area (TPSA) is 94.6 Å². The van der Waals surface area contributed by atoms with Gasteiger partial charge in [0.25, 0.3) is 0 Å². The van der Waals surface area contributed by atoms with Gasteiger partial charge in [-0.3, -0.25) is 14.2 Å². The summed E-state index contributed by atoms with van der Waals surface area (Å²) in [4.78, 5) is 16.3. The zero-order valence-electron chi connectivity index (χ0n) is 12.8. The second-order valence-electron chi connectivity index (χ2n) is 5.92. The molecule has 24 heavy (non-hydrogen) atoms. The first kappa shape index (κ1) is 15.2. The van der Waals surface area contributed by atoms with Crippen LogP contribution in [0.5, 0.6) is 0 Å². The Morgan fingerprint density at radius 2 is 2.04 bits per heavy atom. The molecule has 1 aliphatic rings. The molecule has 6 nitrogen and oxygen atoms in total. The first-order valence-electron chi connectivity index (χ1n) is 7.70. The van der Waals surface area contributed by atoms with Gasteiger partial charge in [-0.25, -0.2) is 4.98 Å². The fourth-order valence-corrected chi connectivity index (χ4v) is 3.10. The van der Waals surface area contributed by atoms with Crippen molar-refractivity contribution in [3.8, 4) is 22.6 Å². The van der Waals surface area contributed by atoms with Crippen LogP contribution in [0.25, 0.3) is 22.6 Å². The number of H-pyrrole nitrogens is 1. The van der Waals surface area contributed by atoms with Crippen molar-refractivity contribution in [1.82, 2.24) is 19.9 Å². The quantitative estimate of drug-likeness (QED) is 0.721. The molecule has 4 rings (SSSR count). The maximum atomic E-state index is 10.9. The van der Waals surface area contributed by atoms with Crippen LogP contribution in [0.1, 0.15) is 30.0 Å². The molecular formula is C17H15N4O2S-. The smallest absolute Gasteiger partial charge is 0.156 e. The van der Waals surface area contributed by atoms with Crippen LogP contribution >= 0.6 is 0 Å². The molecule has 1 aliphatic carbocycles. The van der Waals surface area contributed by atoms with Crippen LogP contribution < -0.4 is 0 Å². The van der Waals surface area contributed by atoms with Crippen molar-refractivity contribution in [1.29, 1.82) is 0 Å². The number of rotatable bonds is 5. The Hall–Kier alpha value is -2.38. The van der Waals surface area contributed by atoms with Gasteiger partial charge in [-0.1, -0.05) is 11.1 Å². The van der Waals surface area contributed by atoms with E-state index in [1.165, 1.54) is 18.5 Å². The van der Waals surface area contributed by atoms with E-state index in [0.717, 1.165) is 22.6 Å². The van der Waals surface area contributed by atoms with E-state index >= 15 is 0 Å². The molecule has 1 saturated carbocycles. The molecule has 0 aliphatic heterocycles. The minimum Gasteiger partial charge on any atom is -0.772 e. The van der Waals surface area contributed by atoms with Gasteiger partial charge in [0.05, 0.1) is 0 Å². The summed E-state index contributed by atoms with van der Waals surface area (Å²) in [6.07, 6.45) is 9.32. The van der Waals surface area contributed by atoms with Crippen LogP contribution in [0.15, 0.2) is 43.0 Å². The normalized spacial score (nSPS) is 15.4. The third-order valence-corrected chi connectivity index (χ3v) is 4.60. The van der Waals surface area contributed by atoms with Gasteiger partial charge in [0.1, 0.15) is 5.69 Å². The second-order valence-corrected chi connectivity index (χ2v) is 6.82. The summed E-state index contributed by atoms with van der Waals surface area (Å²) in [5.74, 6) is 1.33. The molecule has 1 atom stereocenters. The standard InChI is InChI=1S/C17H16N4O2S/c22-24(23)10-11-5-14(8-18-7-11)13-3-4-19-15(6-13)17-20-9-16(21-17)12-1-2-12/h3-9,12H,1-2,10H2,(H,20,21)(H,22,23)/p-1. The molecular weight excluding hydrogens is 324 g/mol. The van der Waals surface area contributed by atoms with Gasteiger partial charge in [0, 0.05) is 47.7 Å². The number of aromatic amines is 1. The predicted octanol–water partition coefficient (Wildman–Crippen LogP) is 2.79. The Labute approximate surface area is 141 Å². The molecule has 3 aromatic heterocycles. The van der Waals surface area contributed by atoms with Crippen LogP contribution in [0, 0.1) is 0 Å². The summed E-state index contributed by atoms with van der Waals surface area (Å²) < 4.78 is 21.7. The maximum Gasteiger partial charge on any atom is 0.156 e. The lowest BCUT2D eigenvalue weighted by atomic mass is 10.1. The molecule has 1 unspecified atom stereocenters. The van der Waals surface area contributed by atoms with Crippen LogP contribution in [0.2, 0.25) is 0 Å². The number of pyridine rings is 2. The fourth-order valence-electron chi connectivity index (χ4n) is 2.67. The highest BCUT2D eigenvalue weighted by molar-refractivity contribution is 7.78. The number of aromatic nitrogens is 4. The van der Waals surface area contributed by atoms with Gasteiger partial charge >= 0.3 is 0 Å². The van der Waals surface area contributed by atoms with Crippen molar-refractivity contribution in [2.45, 2.75) is 24.5 Å². The molecule has 3 aromatic rings. The summed E-state index contributed by atoms with van der Waals surface area (Å²) in [7, 11) is 0. The molecule has 0 spiro atoms. The van der Waals surface area contributed by atoms with E-state index < -0.39 is 11.1 Å². The van der Waals surface area contributed by atoms with Gasteiger partial charge < -0.3 is 9.54 Å². The van der Waals surface area contributed by atoms with E-state index in [1.807, 2.05) is 24.4 Å². The third-order valence-electron chi connectivity index (χ3n) is 4.03. The van der Waals surface area contributed by atoms with E-state index in [-0.39, 0.29) is 5.75 Å². The van der Waals surface area contributed by atoms with E-state index in [1.54, 1.807) is 18.6 Å². The molecule has 0 saturated heterocycles. The van der Waals surface area contributed by atoms with Crippen molar-refractivity contribution in [2.24, 2.45) is 0 Å². The number of hydrogen-bond acceptors (Lipinski definition) is 5. The molecule has 122 valence electrons. The number of imidazole rings is 1. The van der Waals surface area contributed by atoms with Crippen LogP contribution in [0.4, 0.5) is 0 Å². The highest BCUT2D eigenvalue weighted by Gasteiger charge is 2.25. The largest absolute Gasteiger partial charge is 0.772 e. The molecule has 0 bridgehead atoms. The number of hydrogen-bond donors (Lipinski definition) is 1. The van der Waals surface area contributed by atoms with Crippen LogP contribution in [-0.4, -0.2) is 28.7 Å². The predicted molar refractivity (Wildman–Crippen MR) is 89.6 cm³/mol. The Balaban J connectivity index is 1.65. The van der Waals surface area contributed by atoms with E-state index in [4.69, 9.17) is 0 Å². The Bertz CT molecular complexity index is 905. The van der Waals surface area contributed by atoms with E-state index in [9.17, 15) is 8.76 Å². The summed E-state index contributed by atoms with van der Waals surface area (Å²) in [6.45, 7) is 0. The lowest BCUT2D eigenvalue weighted by Crippen LogP contribution is -1.95. The number of nitrogens with zero attached hydrogens (tertiary/aromatic N) is 3. The summed E-state index contributed by atoms with van der Waals surface area (Å²) >= 11 is -2.13. The summed E-state index contributed by atoms with van der Waals surface area (Å²) in [6, 6.07) is 5.65. The minimum atomic E-state index is -2.13. The zero-order valence-corrected chi connectivity index (χ0v) is 13.6. The van der Waals surface area contributed by atoms with Crippen molar-refractivity contribution in [3.63, 3.8) is 0 Å². The molecule has 1 fully saturated rings. The van der Waals surface area contributed by atoms with Crippen molar-refractivity contribution in [3.05, 3.63) is 54.2 Å². The van der Waals surface area contributed by atoms with E-state index in [2.05, 4.69) is 19.9 Å². The lowest BCUT2D eigenvalue weighted by Gasteiger charge is -2.07. The molecule has 0 aromatic carbocycles. The fraction of sp³-hybridized carbons (Fsp3) is 0.235. The molecule has 3 heterocycles. The maximum absolute atomic E-state index is 10.9. The summed E-state index contributed by atoms with van der Waals surface area (Å²) in [5, 5.41) is 0. The van der Waals surface area contributed by atoms with E-state index in [0.29, 0.717) is 11.5 Å². The van der Waals surface area contributed by atoms with Gasteiger partial charge in [-0.2, -0.15) is 0 Å². The van der Waals surface area contributed by atoms with Gasteiger partial charge in [0.2, 0.25) is 0 Å². The van der Waals surface area contributed by atoms with Crippen molar-refractivity contribution in [2.75, 3.05) is 0 Å². The molecule has 1 N–H and O–H groups in total. The highest BCUT2D eigenvalue weighted by Crippen LogP contribution is 2.39. The SMILES string of the molecule is O=S([O-])Cc1cncc(-c2ccnc(-c3ncc(C4CC4)[nH]3)c2)c1. The van der Waals surface area contributed by atoms with Gasteiger partial charge in [0.15, 0.2) is 5.82 Å². The monoisotopic (exact) mass is 339 g/mol. The van der Waals surface area contributed by atoms with Crippen LogP contribution in [-0.2, 0) is 16.8 Å². The minimum absolute atomic E-state index is 0.0400. The van der Waals surface area contributed by atoms with Crippen molar-refractivity contribution >= 4 is 11.1 Å². The lowest BCUT2D eigenvalue weighted by molar-refractivity contribution is 0.536. The Morgan fingerprint density at radius 1 is 1.17 bits per heavy atom. The molecule has 0 radical (unpaired) electrons. The van der Waals surface area contributed by atoms with Crippen LogP contribution in [0.3, 0.4) is 0 Å². The third kappa shape index (κ3) is 3.27. The summed E-state index contributed by atoms with van der Waals surface area (Å²) in [5.41, 5.74) is 4.37. The number of nitrogens with one attached hydrogen (secondary N) is 1. The van der Waals surface area contributed by atoms with Gasteiger partial charge in [-0.05, 0) is 42.2 Å². The zero-order chi connectivity index (χ0) is 16.5. The van der Waals surface area contributed by atoms with Gasteiger partial charge in [-0.15, -0.1) is 0 Å². The Morgan fingerprint density at radius 3 is 2.83 bits per heavy atom. The highest BCUT2D eigenvalue weighted by atomic mass is 32.2. The average Bonchev–Trinajstić information content (AvgIpc) is 3.32.